The maximum atomic E-state index is 13.0. The second-order valence-corrected chi connectivity index (χ2v) is 8.87. The minimum absolute atomic E-state index is 0.000319. The van der Waals surface area contributed by atoms with Gasteiger partial charge in [0.2, 0.25) is 5.91 Å². The summed E-state index contributed by atoms with van der Waals surface area (Å²) >= 11 is 0. The lowest BCUT2D eigenvalue weighted by Crippen LogP contribution is -2.36. The standard InChI is InChI=1S/C25H31N3O4/c1-6-27(24(31)32-25(3,4)5)16-20-9-7-8-10-21(20)26-23(30)19-11-12-22-18(15-19)13-14-28(22)17(2)29/h7-12,15H,6,13-14,16H2,1-5H3,(H,26,30). The molecule has 3 rings (SSSR count). The van der Waals surface area contributed by atoms with Gasteiger partial charge in [-0.25, -0.2) is 4.79 Å². The lowest BCUT2D eigenvalue weighted by molar-refractivity contribution is -0.116. The van der Waals surface area contributed by atoms with Gasteiger partial charge in [0.1, 0.15) is 5.60 Å². The second kappa shape index (κ2) is 9.42. The van der Waals surface area contributed by atoms with Crippen LogP contribution in [0.5, 0.6) is 0 Å². The molecule has 0 saturated carbocycles. The molecule has 3 amide bonds. The Hall–Kier alpha value is -3.35. The van der Waals surface area contributed by atoms with E-state index in [2.05, 4.69) is 5.32 Å². The highest BCUT2D eigenvalue weighted by Gasteiger charge is 2.24. The summed E-state index contributed by atoms with van der Waals surface area (Å²) in [6.45, 7) is 10.4. The van der Waals surface area contributed by atoms with Crippen molar-refractivity contribution in [2.45, 2.75) is 53.2 Å². The Balaban J connectivity index is 1.76. The molecule has 7 heteroatoms. The van der Waals surface area contributed by atoms with Crippen LogP contribution in [-0.4, -0.2) is 41.5 Å². The van der Waals surface area contributed by atoms with E-state index in [0.717, 1.165) is 23.2 Å². The number of rotatable bonds is 5. The van der Waals surface area contributed by atoms with Crippen LogP contribution < -0.4 is 10.2 Å². The first kappa shape index (κ1) is 23.3. The van der Waals surface area contributed by atoms with E-state index >= 15 is 0 Å². The van der Waals surface area contributed by atoms with Crippen molar-refractivity contribution < 1.29 is 19.1 Å². The molecule has 0 atom stereocenters. The predicted molar refractivity (Wildman–Crippen MR) is 125 cm³/mol. The number of hydrogen-bond donors (Lipinski definition) is 1. The zero-order chi connectivity index (χ0) is 23.5. The number of para-hydroxylation sites is 1. The molecule has 7 nitrogen and oxygen atoms in total. The summed E-state index contributed by atoms with van der Waals surface area (Å²) in [6, 6.07) is 12.8. The number of carbonyl (C=O) groups is 3. The Kier molecular flexibility index (Phi) is 6.87. The number of fused-ring (bicyclic) bond motifs is 1. The van der Waals surface area contributed by atoms with Crippen LogP contribution in [0.3, 0.4) is 0 Å². The summed E-state index contributed by atoms with van der Waals surface area (Å²) in [6.07, 6.45) is 0.336. The number of amides is 3. The monoisotopic (exact) mass is 437 g/mol. The normalized spacial score (nSPS) is 12.8. The Morgan fingerprint density at radius 3 is 2.50 bits per heavy atom. The smallest absolute Gasteiger partial charge is 0.410 e. The molecule has 0 radical (unpaired) electrons. The van der Waals surface area contributed by atoms with Crippen molar-refractivity contribution >= 4 is 29.3 Å². The van der Waals surface area contributed by atoms with E-state index < -0.39 is 11.7 Å². The molecule has 0 aliphatic carbocycles. The molecule has 0 fully saturated rings. The molecule has 0 saturated heterocycles. The van der Waals surface area contributed by atoms with E-state index in [1.165, 1.54) is 0 Å². The first-order chi connectivity index (χ1) is 15.1. The predicted octanol–water partition coefficient (Wildman–Crippen LogP) is 4.60. The minimum atomic E-state index is -0.580. The fraction of sp³-hybridized carbons (Fsp3) is 0.400. The van der Waals surface area contributed by atoms with Crippen LogP contribution in [0.15, 0.2) is 42.5 Å². The summed E-state index contributed by atoms with van der Waals surface area (Å²) in [5, 5.41) is 2.97. The summed E-state index contributed by atoms with van der Waals surface area (Å²) in [7, 11) is 0. The molecule has 2 aromatic carbocycles. The summed E-state index contributed by atoms with van der Waals surface area (Å²) < 4.78 is 5.49. The van der Waals surface area contributed by atoms with Gasteiger partial charge in [0.15, 0.2) is 0 Å². The van der Waals surface area contributed by atoms with Crippen molar-refractivity contribution in [2.75, 3.05) is 23.3 Å². The molecule has 0 bridgehead atoms. The molecule has 0 unspecified atom stereocenters. The number of nitrogens with one attached hydrogen (secondary N) is 1. The SMILES string of the molecule is CCN(Cc1ccccc1NC(=O)c1ccc2c(c1)CCN2C(C)=O)C(=O)OC(C)(C)C. The topological polar surface area (TPSA) is 79.0 Å². The highest BCUT2D eigenvalue weighted by Crippen LogP contribution is 2.29. The molecular weight excluding hydrogens is 406 g/mol. The molecule has 170 valence electrons. The van der Waals surface area contributed by atoms with Gasteiger partial charge in [-0.05, 0) is 69.5 Å². The first-order valence-corrected chi connectivity index (χ1v) is 10.9. The first-order valence-electron chi connectivity index (χ1n) is 10.9. The molecule has 0 aromatic heterocycles. The third-order valence-electron chi connectivity index (χ3n) is 5.28. The Morgan fingerprint density at radius 2 is 1.84 bits per heavy atom. The zero-order valence-electron chi connectivity index (χ0n) is 19.4. The van der Waals surface area contributed by atoms with Gasteiger partial charge in [0.25, 0.3) is 5.91 Å². The number of nitrogens with zero attached hydrogens (tertiary/aromatic N) is 2. The number of hydrogen-bond acceptors (Lipinski definition) is 4. The van der Waals surface area contributed by atoms with E-state index in [-0.39, 0.29) is 11.8 Å². The van der Waals surface area contributed by atoms with Crippen LogP contribution >= 0.6 is 0 Å². The molecule has 0 spiro atoms. The number of ether oxygens (including phenoxy) is 1. The van der Waals surface area contributed by atoms with Crippen molar-refractivity contribution in [1.29, 1.82) is 0 Å². The van der Waals surface area contributed by atoms with E-state index in [1.807, 2.05) is 64.1 Å². The van der Waals surface area contributed by atoms with Crippen LogP contribution in [0.1, 0.15) is 56.1 Å². The number of carbonyl (C=O) groups excluding carboxylic acids is 3. The average molecular weight is 438 g/mol. The number of anilines is 2. The molecule has 1 aliphatic heterocycles. The van der Waals surface area contributed by atoms with Gasteiger partial charge in [-0.3, -0.25) is 9.59 Å². The van der Waals surface area contributed by atoms with E-state index in [4.69, 9.17) is 4.74 Å². The van der Waals surface area contributed by atoms with Gasteiger partial charge in [-0.15, -0.1) is 0 Å². The fourth-order valence-corrected chi connectivity index (χ4v) is 3.68. The molecule has 2 aromatic rings. The van der Waals surface area contributed by atoms with Crippen LogP contribution in [-0.2, 0) is 22.5 Å². The summed E-state index contributed by atoms with van der Waals surface area (Å²) in [4.78, 5) is 40.6. The van der Waals surface area contributed by atoms with Crippen LogP contribution in [0, 0.1) is 0 Å². The van der Waals surface area contributed by atoms with Crippen molar-refractivity contribution in [1.82, 2.24) is 4.90 Å². The van der Waals surface area contributed by atoms with Crippen molar-refractivity contribution in [3.8, 4) is 0 Å². The fourth-order valence-electron chi connectivity index (χ4n) is 3.68. The minimum Gasteiger partial charge on any atom is -0.444 e. The van der Waals surface area contributed by atoms with Gasteiger partial charge < -0.3 is 19.9 Å². The largest absolute Gasteiger partial charge is 0.444 e. The summed E-state index contributed by atoms with van der Waals surface area (Å²) in [5.74, 6) is -0.234. The van der Waals surface area contributed by atoms with Gasteiger partial charge in [0.05, 0.1) is 6.54 Å². The molecular formula is C25H31N3O4. The molecule has 32 heavy (non-hydrogen) atoms. The quantitative estimate of drug-likeness (QED) is 0.741. The maximum absolute atomic E-state index is 13.0. The second-order valence-electron chi connectivity index (χ2n) is 8.87. The Labute approximate surface area is 189 Å². The van der Waals surface area contributed by atoms with E-state index in [9.17, 15) is 14.4 Å². The average Bonchev–Trinajstić information content (AvgIpc) is 3.15. The third kappa shape index (κ3) is 5.46. The molecule has 1 aliphatic rings. The number of benzene rings is 2. The summed E-state index contributed by atoms with van der Waals surface area (Å²) in [5.41, 5.74) is 3.27. The molecule has 1 heterocycles. The van der Waals surface area contributed by atoms with Crippen molar-refractivity contribution in [3.05, 3.63) is 59.2 Å². The molecule has 1 N–H and O–H groups in total. The van der Waals surface area contributed by atoms with E-state index in [1.54, 1.807) is 22.8 Å². The Bertz CT molecular complexity index is 1030. The lowest BCUT2D eigenvalue weighted by Gasteiger charge is -2.27. The highest BCUT2D eigenvalue weighted by atomic mass is 16.6. The van der Waals surface area contributed by atoms with Crippen LogP contribution in [0.2, 0.25) is 0 Å². The van der Waals surface area contributed by atoms with Crippen molar-refractivity contribution in [2.24, 2.45) is 0 Å². The van der Waals surface area contributed by atoms with Crippen LogP contribution in [0.25, 0.3) is 0 Å². The Morgan fingerprint density at radius 1 is 1.12 bits per heavy atom. The van der Waals surface area contributed by atoms with Crippen LogP contribution in [0.4, 0.5) is 16.2 Å². The zero-order valence-corrected chi connectivity index (χ0v) is 19.4. The van der Waals surface area contributed by atoms with Crippen molar-refractivity contribution in [3.63, 3.8) is 0 Å². The van der Waals surface area contributed by atoms with Gasteiger partial charge in [-0.1, -0.05) is 18.2 Å². The lowest BCUT2D eigenvalue weighted by atomic mass is 10.1. The van der Waals surface area contributed by atoms with Gasteiger partial charge in [-0.2, -0.15) is 0 Å². The van der Waals surface area contributed by atoms with Gasteiger partial charge >= 0.3 is 6.09 Å². The maximum Gasteiger partial charge on any atom is 0.410 e. The van der Waals surface area contributed by atoms with Gasteiger partial charge in [0, 0.05) is 37.0 Å². The highest BCUT2D eigenvalue weighted by molar-refractivity contribution is 6.05. The third-order valence-corrected chi connectivity index (χ3v) is 5.28. The van der Waals surface area contributed by atoms with E-state index in [0.29, 0.717) is 30.9 Å².